The van der Waals surface area contributed by atoms with Crippen LogP contribution in [0.3, 0.4) is 0 Å². The standard InChI is InChI=1S/C27H38Br2ClNO8S/c1-25(2,29)19(28)14-20-26(3,39-20)23-22(37-4)18(38-24(33)31-21(32)15-30)10-12-27(23,34)16-40(35,36)13-11-17-8-6-5-7-9-17/h5-9,18-20,22-23,34H,10-16H2,1-4H3,(H,31,32,33). The summed E-state index contributed by atoms with van der Waals surface area (Å²) in [5.41, 5.74) is -1.79. The number of epoxide rings is 1. The van der Waals surface area contributed by atoms with Gasteiger partial charge < -0.3 is 19.3 Å². The predicted molar refractivity (Wildman–Crippen MR) is 160 cm³/mol. The zero-order chi connectivity index (χ0) is 29.9. The lowest BCUT2D eigenvalue weighted by Crippen LogP contribution is -2.63. The summed E-state index contributed by atoms with van der Waals surface area (Å²) >= 11 is 12.8. The van der Waals surface area contributed by atoms with E-state index >= 15 is 0 Å². The predicted octanol–water partition coefficient (Wildman–Crippen LogP) is 4.14. The number of carbonyl (C=O) groups excluding carboxylic acids is 2. The van der Waals surface area contributed by atoms with Gasteiger partial charge in [0.2, 0.25) is 5.91 Å². The minimum atomic E-state index is -3.72. The Labute approximate surface area is 258 Å². The highest BCUT2D eigenvalue weighted by Crippen LogP contribution is 2.56. The maximum Gasteiger partial charge on any atom is 0.414 e. The second-order valence-electron chi connectivity index (χ2n) is 11.3. The molecule has 1 saturated heterocycles. The smallest absolute Gasteiger partial charge is 0.414 e. The summed E-state index contributed by atoms with van der Waals surface area (Å²) in [7, 11) is -2.30. The molecule has 0 spiro atoms. The van der Waals surface area contributed by atoms with Crippen molar-refractivity contribution in [1.82, 2.24) is 5.32 Å². The van der Waals surface area contributed by atoms with Crippen LogP contribution in [0.25, 0.3) is 0 Å². The number of halogens is 3. The zero-order valence-corrected chi connectivity index (χ0v) is 27.8. The first-order valence-corrected chi connectivity index (χ1v) is 17.2. The lowest BCUT2D eigenvalue weighted by atomic mass is 9.66. The van der Waals surface area contributed by atoms with E-state index in [0.717, 1.165) is 5.56 Å². The third-order valence-electron chi connectivity index (χ3n) is 7.81. The van der Waals surface area contributed by atoms with Crippen LogP contribution in [0.2, 0.25) is 0 Å². The van der Waals surface area contributed by atoms with Gasteiger partial charge in [-0.05, 0) is 52.0 Å². The fraction of sp³-hybridized carbons (Fsp3) is 0.704. The first kappa shape index (κ1) is 33.7. The fourth-order valence-electron chi connectivity index (χ4n) is 5.65. The summed E-state index contributed by atoms with van der Waals surface area (Å²) in [6.45, 7) is 5.87. The number of amides is 2. The number of nitrogens with one attached hydrogen (secondary N) is 1. The highest BCUT2D eigenvalue weighted by molar-refractivity contribution is 9.12. The van der Waals surface area contributed by atoms with Crippen molar-refractivity contribution in [2.75, 3.05) is 24.5 Å². The summed E-state index contributed by atoms with van der Waals surface area (Å²) < 4.78 is 44.0. The zero-order valence-electron chi connectivity index (χ0n) is 23.1. The lowest BCUT2D eigenvalue weighted by Gasteiger charge is -2.48. The molecule has 2 fully saturated rings. The number of ether oxygens (including phenoxy) is 3. The number of rotatable bonds is 12. The average Bonchev–Trinajstić information content (AvgIpc) is 3.52. The van der Waals surface area contributed by atoms with Crippen LogP contribution in [0.1, 0.15) is 45.6 Å². The summed E-state index contributed by atoms with van der Waals surface area (Å²) in [4.78, 5) is 24.0. The highest BCUT2D eigenvalue weighted by atomic mass is 79.9. The van der Waals surface area contributed by atoms with Crippen LogP contribution in [0.4, 0.5) is 4.79 Å². The van der Waals surface area contributed by atoms with Gasteiger partial charge in [-0.15, -0.1) is 11.6 Å². The van der Waals surface area contributed by atoms with Crippen LogP contribution in [-0.2, 0) is 35.3 Å². The molecule has 1 saturated carbocycles. The van der Waals surface area contributed by atoms with Crippen molar-refractivity contribution in [3.8, 4) is 0 Å². The van der Waals surface area contributed by atoms with Crippen LogP contribution in [0.5, 0.6) is 0 Å². The van der Waals surface area contributed by atoms with Gasteiger partial charge in [0.25, 0.3) is 0 Å². The minimum absolute atomic E-state index is 0.0125. The Morgan fingerprint density at radius 2 is 1.95 bits per heavy atom. The summed E-state index contributed by atoms with van der Waals surface area (Å²) in [6.07, 6.45) is -2.03. The first-order chi connectivity index (χ1) is 18.5. The van der Waals surface area contributed by atoms with E-state index in [4.69, 9.17) is 25.8 Å². The second-order valence-corrected chi connectivity index (χ2v) is 16.9. The number of hydrogen-bond donors (Lipinski definition) is 2. The molecule has 0 bridgehead atoms. The number of aliphatic hydroxyl groups is 1. The van der Waals surface area contributed by atoms with E-state index in [9.17, 15) is 23.1 Å². The number of alkyl halides is 3. The average molecular weight is 732 g/mol. The molecule has 0 aromatic heterocycles. The Morgan fingerprint density at radius 1 is 1.30 bits per heavy atom. The Balaban J connectivity index is 1.88. The maximum atomic E-state index is 13.4. The molecule has 1 aliphatic heterocycles. The molecule has 1 aromatic rings. The molecule has 226 valence electrons. The molecule has 2 amide bonds. The molecule has 13 heteroatoms. The molecule has 0 radical (unpaired) electrons. The molecule has 1 aliphatic carbocycles. The minimum Gasteiger partial charge on any atom is -0.443 e. The number of hydrogen-bond acceptors (Lipinski definition) is 8. The number of carbonyl (C=O) groups is 2. The van der Waals surface area contributed by atoms with E-state index in [1.54, 1.807) is 0 Å². The Bertz CT molecular complexity index is 1150. The van der Waals surface area contributed by atoms with E-state index < -0.39 is 62.8 Å². The number of aryl methyl sites for hydroxylation is 1. The summed E-state index contributed by atoms with van der Waals surface area (Å²) in [6, 6.07) is 9.29. The van der Waals surface area contributed by atoms with Gasteiger partial charge >= 0.3 is 6.09 Å². The molecule has 2 aliphatic rings. The van der Waals surface area contributed by atoms with Crippen LogP contribution in [-0.4, -0.2) is 88.7 Å². The van der Waals surface area contributed by atoms with Crippen LogP contribution < -0.4 is 5.32 Å². The third kappa shape index (κ3) is 8.41. The van der Waals surface area contributed by atoms with E-state index in [-0.39, 0.29) is 33.8 Å². The van der Waals surface area contributed by atoms with Crippen molar-refractivity contribution in [3.63, 3.8) is 0 Å². The monoisotopic (exact) mass is 729 g/mol. The van der Waals surface area contributed by atoms with Gasteiger partial charge in [-0.1, -0.05) is 62.2 Å². The Morgan fingerprint density at radius 3 is 2.52 bits per heavy atom. The second kappa shape index (κ2) is 13.3. The fourth-order valence-corrected chi connectivity index (χ4v) is 8.02. The van der Waals surface area contributed by atoms with Crippen molar-refractivity contribution < 1.29 is 37.3 Å². The number of benzene rings is 1. The summed E-state index contributed by atoms with van der Waals surface area (Å²) in [5.74, 6) is -2.60. The molecule has 7 unspecified atom stereocenters. The molecule has 40 heavy (non-hydrogen) atoms. The Hall–Kier alpha value is -0.760. The van der Waals surface area contributed by atoms with Crippen LogP contribution >= 0.6 is 43.5 Å². The molecule has 9 nitrogen and oxygen atoms in total. The number of sulfone groups is 1. The Kier molecular flexibility index (Phi) is 11.2. The lowest BCUT2D eigenvalue weighted by molar-refractivity contribution is -0.170. The van der Waals surface area contributed by atoms with E-state index in [2.05, 4.69) is 31.9 Å². The van der Waals surface area contributed by atoms with Crippen molar-refractivity contribution in [2.24, 2.45) is 5.92 Å². The van der Waals surface area contributed by atoms with E-state index in [1.807, 2.05) is 56.4 Å². The van der Waals surface area contributed by atoms with Gasteiger partial charge in [-0.3, -0.25) is 10.1 Å². The molecular weight excluding hydrogens is 694 g/mol. The number of methoxy groups -OCH3 is 1. The van der Waals surface area contributed by atoms with Gasteiger partial charge in [0, 0.05) is 22.2 Å². The van der Waals surface area contributed by atoms with Crippen molar-refractivity contribution in [3.05, 3.63) is 35.9 Å². The van der Waals surface area contributed by atoms with Gasteiger partial charge in [0.05, 0.1) is 23.2 Å². The molecule has 1 heterocycles. The third-order valence-corrected chi connectivity index (χ3v) is 12.5. The van der Waals surface area contributed by atoms with E-state index in [1.165, 1.54) is 7.11 Å². The maximum absolute atomic E-state index is 13.4. The molecule has 3 rings (SSSR count). The van der Waals surface area contributed by atoms with Crippen molar-refractivity contribution in [1.29, 1.82) is 0 Å². The normalized spacial score (nSPS) is 31.3. The summed E-state index contributed by atoms with van der Waals surface area (Å²) in [5, 5.41) is 14.1. The first-order valence-electron chi connectivity index (χ1n) is 13.1. The molecule has 2 N–H and O–H groups in total. The van der Waals surface area contributed by atoms with E-state index in [0.29, 0.717) is 12.8 Å². The topological polar surface area (TPSA) is 132 Å². The SMILES string of the molecule is COC1C(OC(=O)NC(=O)CCl)CCC(O)(CS(=O)(=O)CCc2ccccc2)C1C1(C)OC1CC(Br)C(C)(C)Br. The quantitative estimate of drug-likeness (QED) is 0.243. The molecule has 7 atom stereocenters. The van der Waals surface area contributed by atoms with Gasteiger partial charge in [0.1, 0.15) is 23.7 Å². The van der Waals surface area contributed by atoms with Crippen LogP contribution in [0.15, 0.2) is 30.3 Å². The molecule has 1 aromatic carbocycles. The van der Waals surface area contributed by atoms with Crippen molar-refractivity contribution in [2.45, 2.75) is 85.1 Å². The van der Waals surface area contributed by atoms with Gasteiger partial charge in [0.15, 0.2) is 9.84 Å². The van der Waals surface area contributed by atoms with Gasteiger partial charge in [-0.25, -0.2) is 13.2 Å². The largest absolute Gasteiger partial charge is 0.443 e. The van der Waals surface area contributed by atoms with Crippen LogP contribution in [0, 0.1) is 5.92 Å². The number of imide groups is 1. The van der Waals surface area contributed by atoms with Crippen molar-refractivity contribution >= 4 is 65.3 Å². The molecular formula is C27H38Br2ClNO8S. The van der Waals surface area contributed by atoms with Gasteiger partial charge in [-0.2, -0.15) is 0 Å². The number of alkyl carbamates (subject to hydrolysis) is 1. The highest BCUT2D eigenvalue weighted by Gasteiger charge is 2.68.